The van der Waals surface area contributed by atoms with Crippen molar-refractivity contribution < 1.29 is 4.39 Å². The Balaban J connectivity index is 1.81. The predicted molar refractivity (Wildman–Crippen MR) is 83.9 cm³/mol. The quantitative estimate of drug-likeness (QED) is 0.910. The molecule has 1 N–H and O–H groups in total. The largest absolute Gasteiger partial charge is 0.328 e. The van der Waals surface area contributed by atoms with Crippen molar-refractivity contribution in [3.05, 3.63) is 29.8 Å². The third-order valence-electron chi connectivity index (χ3n) is 4.37. The molecule has 1 saturated heterocycles. The minimum absolute atomic E-state index is 0.180. The van der Waals surface area contributed by atoms with Gasteiger partial charge in [-0.05, 0) is 50.4 Å². The van der Waals surface area contributed by atoms with Crippen molar-refractivity contribution in [3.63, 3.8) is 0 Å². The number of halogens is 1. The second-order valence-corrected chi connectivity index (χ2v) is 6.00. The van der Waals surface area contributed by atoms with Gasteiger partial charge in [-0.3, -0.25) is 0 Å². The number of benzene rings is 1. The fourth-order valence-electron chi connectivity index (χ4n) is 3.28. The fourth-order valence-corrected chi connectivity index (χ4v) is 3.28. The first kappa shape index (κ1) is 14.5. The van der Waals surface area contributed by atoms with Crippen molar-refractivity contribution >= 4 is 11.0 Å². The Hall–Kier alpha value is -1.42. The molecule has 4 heteroatoms. The molecule has 0 aliphatic carbocycles. The van der Waals surface area contributed by atoms with Gasteiger partial charge in [0.2, 0.25) is 0 Å². The minimum atomic E-state index is -0.180. The summed E-state index contributed by atoms with van der Waals surface area (Å²) in [6.45, 7) is 4.20. The van der Waals surface area contributed by atoms with Gasteiger partial charge in [-0.1, -0.05) is 13.3 Å². The molecule has 0 bridgehead atoms. The van der Waals surface area contributed by atoms with Crippen LogP contribution >= 0.6 is 0 Å². The Kier molecular flexibility index (Phi) is 4.54. The Morgan fingerprint density at radius 3 is 3.05 bits per heavy atom. The van der Waals surface area contributed by atoms with Gasteiger partial charge in [0.1, 0.15) is 11.6 Å². The molecule has 3 rings (SSSR count). The van der Waals surface area contributed by atoms with E-state index >= 15 is 0 Å². The molecule has 1 fully saturated rings. The highest BCUT2D eigenvalue weighted by atomic mass is 19.1. The van der Waals surface area contributed by atoms with Crippen LogP contribution in [0.3, 0.4) is 0 Å². The van der Waals surface area contributed by atoms with Crippen LogP contribution in [0.4, 0.5) is 4.39 Å². The molecule has 1 aliphatic rings. The lowest BCUT2D eigenvalue weighted by Crippen LogP contribution is -2.34. The zero-order chi connectivity index (χ0) is 14.7. The smallest absolute Gasteiger partial charge is 0.125 e. The van der Waals surface area contributed by atoms with E-state index in [9.17, 15) is 4.39 Å². The molecule has 1 aromatic carbocycles. The number of nitrogens with zero attached hydrogens (tertiary/aromatic N) is 2. The first-order chi connectivity index (χ1) is 10.3. The highest BCUT2D eigenvalue weighted by Crippen LogP contribution is 2.20. The number of rotatable bonds is 5. The molecular formula is C17H24FN3. The lowest BCUT2D eigenvalue weighted by Gasteiger charge is -2.23. The number of piperidine rings is 1. The monoisotopic (exact) mass is 289 g/mol. The highest BCUT2D eigenvalue weighted by Gasteiger charge is 2.15. The van der Waals surface area contributed by atoms with Gasteiger partial charge in [-0.2, -0.15) is 0 Å². The van der Waals surface area contributed by atoms with Crippen LogP contribution in [0.1, 0.15) is 44.9 Å². The van der Waals surface area contributed by atoms with E-state index in [1.54, 1.807) is 12.1 Å². The van der Waals surface area contributed by atoms with Crippen LogP contribution < -0.4 is 5.32 Å². The van der Waals surface area contributed by atoms with Gasteiger partial charge < -0.3 is 9.88 Å². The number of fused-ring (bicyclic) bond motifs is 1. The normalized spacial score (nSPS) is 19.2. The second kappa shape index (κ2) is 6.56. The van der Waals surface area contributed by atoms with Gasteiger partial charge in [-0.25, -0.2) is 9.37 Å². The molecule has 2 heterocycles. The SMILES string of the molecule is CCCn1c(CCC2CCCCN2)nc2ccc(F)cc21. The van der Waals surface area contributed by atoms with Crippen molar-refractivity contribution in [3.8, 4) is 0 Å². The van der Waals surface area contributed by atoms with E-state index in [4.69, 9.17) is 4.98 Å². The van der Waals surface area contributed by atoms with Crippen LogP contribution in [0.5, 0.6) is 0 Å². The Bertz CT molecular complexity index is 599. The highest BCUT2D eigenvalue weighted by molar-refractivity contribution is 5.76. The maximum atomic E-state index is 13.5. The van der Waals surface area contributed by atoms with Crippen molar-refractivity contribution in [1.29, 1.82) is 0 Å². The topological polar surface area (TPSA) is 29.9 Å². The lowest BCUT2D eigenvalue weighted by atomic mass is 10.0. The van der Waals surface area contributed by atoms with E-state index < -0.39 is 0 Å². The average molecular weight is 289 g/mol. The van der Waals surface area contributed by atoms with E-state index in [0.717, 1.165) is 49.2 Å². The maximum absolute atomic E-state index is 13.5. The molecule has 2 aromatic rings. The van der Waals surface area contributed by atoms with Gasteiger partial charge in [0.05, 0.1) is 11.0 Å². The average Bonchev–Trinajstić information content (AvgIpc) is 2.84. The molecular weight excluding hydrogens is 265 g/mol. The molecule has 114 valence electrons. The molecule has 0 amide bonds. The maximum Gasteiger partial charge on any atom is 0.125 e. The summed E-state index contributed by atoms with van der Waals surface area (Å²) >= 11 is 0. The summed E-state index contributed by atoms with van der Waals surface area (Å²) in [6.07, 6.45) is 7.02. The molecule has 0 spiro atoms. The minimum Gasteiger partial charge on any atom is -0.328 e. The summed E-state index contributed by atoms with van der Waals surface area (Å²) in [6, 6.07) is 5.52. The van der Waals surface area contributed by atoms with Crippen molar-refractivity contribution in [2.75, 3.05) is 6.54 Å². The number of hydrogen-bond donors (Lipinski definition) is 1. The Morgan fingerprint density at radius 2 is 2.29 bits per heavy atom. The summed E-state index contributed by atoms with van der Waals surface area (Å²) in [5, 5.41) is 3.59. The Labute approximate surface area is 125 Å². The van der Waals surface area contributed by atoms with E-state index in [0.29, 0.717) is 6.04 Å². The summed E-state index contributed by atoms with van der Waals surface area (Å²) in [7, 11) is 0. The standard InChI is InChI=1S/C17H24FN3/c1-2-11-21-16-12-13(18)6-8-15(16)20-17(21)9-7-14-5-3-4-10-19-14/h6,8,12,14,19H,2-5,7,9-11H2,1H3. The lowest BCUT2D eigenvalue weighted by molar-refractivity contribution is 0.379. The molecule has 1 aromatic heterocycles. The molecule has 1 unspecified atom stereocenters. The van der Waals surface area contributed by atoms with Crippen LogP contribution in [-0.4, -0.2) is 22.1 Å². The zero-order valence-corrected chi connectivity index (χ0v) is 12.7. The molecule has 21 heavy (non-hydrogen) atoms. The summed E-state index contributed by atoms with van der Waals surface area (Å²) in [5.74, 6) is 0.921. The molecule has 3 nitrogen and oxygen atoms in total. The van der Waals surface area contributed by atoms with Crippen LogP contribution in [0.2, 0.25) is 0 Å². The molecule has 0 saturated carbocycles. The number of nitrogens with one attached hydrogen (secondary N) is 1. The van der Waals surface area contributed by atoms with Gasteiger partial charge in [-0.15, -0.1) is 0 Å². The summed E-state index contributed by atoms with van der Waals surface area (Å²) < 4.78 is 15.7. The van der Waals surface area contributed by atoms with Gasteiger partial charge >= 0.3 is 0 Å². The van der Waals surface area contributed by atoms with Crippen molar-refractivity contribution in [1.82, 2.24) is 14.9 Å². The van der Waals surface area contributed by atoms with Crippen LogP contribution in [0.25, 0.3) is 11.0 Å². The summed E-state index contributed by atoms with van der Waals surface area (Å²) in [5.41, 5.74) is 1.85. The van der Waals surface area contributed by atoms with E-state index in [1.807, 2.05) is 0 Å². The van der Waals surface area contributed by atoms with Crippen LogP contribution in [0, 0.1) is 5.82 Å². The second-order valence-electron chi connectivity index (χ2n) is 6.00. The van der Waals surface area contributed by atoms with E-state index in [-0.39, 0.29) is 5.82 Å². The van der Waals surface area contributed by atoms with Gasteiger partial charge in [0.25, 0.3) is 0 Å². The summed E-state index contributed by atoms with van der Waals surface area (Å²) in [4.78, 5) is 4.73. The molecule has 1 aliphatic heterocycles. The Morgan fingerprint density at radius 1 is 1.38 bits per heavy atom. The predicted octanol–water partition coefficient (Wildman–Crippen LogP) is 3.66. The molecule has 0 radical (unpaired) electrons. The van der Waals surface area contributed by atoms with E-state index in [2.05, 4.69) is 16.8 Å². The number of hydrogen-bond acceptors (Lipinski definition) is 2. The van der Waals surface area contributed by atoms with E-state index in [1.165, 1.54) is 25.3 Å². The molecule has 1 atom stereocenters. The van der Waals surface area contributed by atoms with Crippen molar-refractivity contribution in [2.45, 2.75) is 58.0 Å². The van der Waals surface area contributed by atoms with Crippen LogP contribution in [0.15, 0.2) is 18.2 Å². The van der Waals surface area contributed by atoms with Crippen LogP contribution in [-0.2, 0) is 13.0 Å². The zero-order valence-electron chi connectivity index (χ0n) is 12.7. The number of aryl methyl sites for hydroxylation is 2. The first-order valence-corrected chi connectivity index (χ1v) is 8.16. The number of aromatic nitrogens is 2. The third-order valence-corrected chi connectivity index (χ3v) is 4.37. The van der Waals surface area contributed by atoms with Gasteiger partial charge in [0, 0.05) is 19.0 Å². The third kappa shape index (κ3) is 3.26. The van der Waals surface area contributed by atoms with Crippen molar-refractivity contribution in [2.24, 2.45) is 0 Å². The fraction of sp³-hybridized carbons (Fsp3) is 0.588. The van der Waals surface area contributed by atoms with Gasteiger partial charge in [0.15, 0.2) is 0 Å². The number of imidazole rings is 1. The first-order valence-electron chi connectivity index (χ1n) is 8.16.